The van der Waals surface area contributed by atoms with E-state index in [9.17, 15) is 4.79 Å². The van der Waals surface area contributed by atoms with Crippen molar-refractivity contribution in [1.82, 2.24) is 15.2 Å². The number of carbonyl (C=O) groups excluding carboxylic acids is 1. The second kappa shape index (κ2) is 9.89. The van der Waals surface area contributed by atoms with Crippen LogP contribution in [0.2, 0.25) is 0 Å². The molecule has 28 heavy (non-hydrogen) atoms. The predicted octanol–water partition coefficient (Wildman–Crippen LogP) is 3.30. The van der Waals surface area contributed by atoms with Crippen molar-refractivity contribution in [2.24, 2.45) is 0 Å². The van der Waals surface area contributed by atoms with Gasteiger partial charge in [0.2, 0.25) is 0 Å². The highest BCUT2D eigenvalue weighted by Crippen LogP contribution is 2.30. The lowest BCUT2D eigenvalue weighted by molar-refractivity contribution is 0.0952. The molecule has 7 heteroatoms. The van der Waals surface area contributed by atoms with E-state index in [4.69, 9.17) is 9.47 Å². The summed E-state index contributed by atoms with van der Waals surface area (Å²) in [5.74, 6) is 1.21. The molecule has 1 saturated heterocycles. The molecule has 0 unspecified atom stereocenters. The molecule has 1 aliphatic rings. The second-order valence-corrected chi connectivity index (χ2v) is 8.15. The normalized spacial score (nSPS) is 15.4. The average molecular weight is 404 g/mol. The smallest absolute Gasteiger partial charge is 0.251 e. The quantitative estimate of drug-likeness (QED) is 0.685. The Hall–Kier alpha value is -2.12. The minimum absolute atomic E-state index is 0.0924. The fraction of sp³-hybridized carbons (Fsp3) is 0.524. The minimum atomic E-state index is -0.0924. The minimum Gasteiger partial charge on any atom is -0.493 e. The first kappa shape index (κ1) is 20.6. The highest BCUT2D eigenvalue weighted by Gasteiger charge is 2.20. The van der Waals surface area contributed by atoms with E-state index in [0.717, 1.165) is 44.5 Å². The van der Waals surface area contributed by atoms with Crippen molar-refractivity contribution in [3.05, 3.63) is 39.8 Å². The average Bonchev–Trinajstić information content (AvgIpc) is 3.12. The highest BCUT2D eigenvalue weighted by atomic mass is 32.1. The maximum Gasteiger partial charge on any atom is 0.251 e. The molecule has 152 valence electrons. The van der Waals surface area contributed by atoms with Gasteiger partial charge in [0.15, 0.2) is 11.5 Å². The van der Waals surface area contributed by atoms with E-state index in [-0.39, 0.29) is 12.0 Å². The molecule has 1 fully saturated rings. The molecular formula is C21H29N3O3S. The number of hydrogen-bond acceptors (Lipinski definition) is 6. The number of amides is 1. The molecule has 1 N–H and O–H groups in total. The number of likely N-dealkylation sites (tertiary alicyclic amines) is 1. The Morgan fingerprint density at radius 1 is 1.32 bits per heavy atom. The van der Waals surface area contributed by atoms with E-state index in [1.165, 1.54) is 4.88 Å². The van der Waals surface area contributed by atoms with Crippen LogP contribution < -0.4 is 14.8 Å². The number of nitrogens with one attached hydrogen (secondary N) is 1. The number of hydrogen-bond donors (Lipinski definition) is 1. The Morgan fingerprint density at radius 2 is 2.11 bits per heavy atom. The summed E-state index contributed by atoms with van der Waals surface area (Å²) in [7, 11) is 3.73. The number of thiazole rings is 1. The third kappa shape index (κ3) is 5.45. The lowest BCUT2D eigenvalue weighted by atomic mass is 10.1. The van der Waals surface area contributed by atoms with Crippen molar-refractivity contribution in [3.63, 3.8) is 0 Å². The first-order valence-electron chi connectivity index (χ1n) is 9.77. The van der Waals surface area contributed by atoms with Gasteiger partial charge in [0.05, 0.1) is 18.3 Å². The summed E-state index contributed by atoms with van der Waals surface area (Å²) >= 11 is 1.67. The number of benzene rings is 1. The van der Waals surface area contributed by atoms with Crippen LogP contribution >= 0.6 is 11.3 Å². The van der Waals surface area contributed by atoms with E-state index in [0.29, 0.717) is 23.6 Å². The van der Waals surface area contributed by atoms with Gasteiger partial charge in [-0.1, -0.05) is 0 Å². The molecule has 1 aromatic heterocycles. The molecule has 2 heterocycles. The molecule has 1 amide bonds. The Balaban J connectivity index is 1.52. The number of carbonyl (C=O) groups is 1. The molecule has 0 spiro atoms. The summed E-state index contributed by atoms with van der Waals surface area (Å²) in [6, 6.07) is 5.40. The van der Waals surface area contributed by atoms with Gasteiger partial charge in [0.25, 0.3) is 5.91 Å². The molecule has 0 aliphatic carbocycles. The molecule has 0 saturated carbocycles. The van der Waals surface area contributed by atoms with Crippen LogP contribution in [0.1, 0.15) is 40.2 Å². The van der Waals surface area contributed by atoms with Gasteiger partial charge in [-0.25, -0.2) is 4.98 Å². The SMILES string of the molecule is COc1cc(C(=O)NCCCc2scnc2C)ccc1OC1CCN(C)CC1. The molecule has 1 aromatic carbocycles. The number of aromatic nitrogens is 1. The maximum atomic E-state index is 12.5. The molecular weight excluding hydrogens is 374 g/mol. The van der Waals surface area contributed by atoms with Crippen LogP contribution in [-0.4, -0.2) is 55.7 Å². The third-order valence-corrected chi connectivity index (χ3v) is 6.09. The van der Waals surface area contributed by atoms with Gasteiger partial charge in [-0.3, -0.25) is 4.79 Å². The van der Waals surface area contributed by atoms with Crippen LogP contribution in [0.5, 0.6) is 11.5 Å². The van der Waals surface area contributed by atoms with Crippen LogP contribution in [0.15, 0.2) is 23.7 Å². The predicted molar refractivity (Wildman–Crippen MR) is 112 cm³/mol. The highest BCUT2D eigenvalue weighted by molar-refractivity contribution is 7.09. The number of nitrogens with zero attached hydrogens (tertiary/aromatic N) is 2. The summed E-state index contributed by atoms with van der Waals surface area (Å²) in [6.45, 7) is 4.72. The Labute approximate surface area is 170 Å². The summed E-state index contributed by atoms with van der Waals surface area (Å²) in [6.07, 6.45) is 4.02. The Bertz CT molecular complexity index is 785. The van der Waals surface area contributed by atoms with Crippen molar-refractivity contribution in [3.8, 4) is 11.5 Å². The zero-order valence-electron chi connectivity index (χ0n) is 16.9. The number of rotatable bonds is 8. The van der Waals surface area contributed by atoms with E-state index >= 15 is 0 Å². The van der Waals surface area contributed by atoms with Gasteiger partial charge in [0.1, 0.15) is 6.10 Å². The van der Waals surface area contributed by atoms with Crippen molar-refractivity contribution < 1.29 is 14.3 Å². The lowest BCUT2D eigenvalue weighted by Gasteiger charge is -2.29. The third-order valence-electron chi connectivity index (χ3n) is 5.10. The summed E-state index contributed by atoms with van der Waals surface area (Å²) in [5, 5.41) is 2.98. The maximum absolute atomic E-state index is 12.5. The standard InChI is InChI=1S/C21H29N3O3S/c1-15-20(28-14-23-15)5-4-10-22-21(25)16-6-7-18(19(13-16)26-3)27-17-8-11-24(2)12-9-17/h6-7,13-14,17H,4-5,8-12H2,1-3H3,(H,22,25). The number of methoxy groups -OCH3 is 1. The molecule has 0 bridgehead atoms. The van der Waals surface area contributed by atoms with Gasteiger partial charge in [-0.15, -0.1) is 11.3 Å². The first-order valence-corrected chi connectivity index (χ1v) is 10.6. The molecule has 1 aliphatic heterocycles. The van der Waals surface area contributed by atoms with E-state index < -0.39 is 0 Å². The van der Waals surface area contributed by atoms with Crippen molar-refractivity contribution in [2.45, 2.75) is 38.7 Å². The second-order valence-electron chi connectivity index (χ2n) is 7.21. The summed E-state index contributed by atoms with van der Waals surface area (Å²) < 4.78 is 11.6. The monoisotopic (exact) mass is 403 g/mol. The van der Waals surface area contributed by atoms with Gasteiger partial charge in [-0.05, 0) is 57.9 Å². The number of ether oxygens (including phenoxy) is 2. The molecule has 6 nitrogen and oxygen atoms in total. The van der Waals surface area contributed by atoms with Crippen LogP contribution in [0.3, 0.4) is 0 Å². The van der Waals surface area contributed by atoms with Crippen LogP contribution in [0.4, 0.5) is 0 Å². The molecule has 3 rings (SSSR count). The Kier molecular flexibility index (Phi) is 7.28. The largest absolute Gasteiger partial charge is 0.493 e. The van der Waals surface area contributed by atoms with Crippen LogP contribution in [-0.2, 0) is 6.42 Å². The zero-order valence-corrected chi connectivity index (χ0v) is 17.7. The molecule has 0 radical (unpaired) electrons. The van der Waals surface area contributed by atoms with Crippen molar-refractivity contribution in [1.29, 1.82) is 0 Å². The van der Waals surface area contributed by atoms with Crippen molar-refractivity contribution in [2.75, 3.05) is 33.8 Å². The fourth-order valence-corrected chi connectivity index (χ4v) is 4.13. The lowest BCUT2D eigenvalue weighted by Crippen LogP contribution is -2.35. The van der Waals surface area contributed by atoms with Gasteiger partial charge in [0, 0.05) is 30.1 Å². The zero-order chi connectivity index (χ0) is 19.9. The van der Waals surface area contributed by atoms with Crippen LogP contribution in [0.25, 0.3) is 0 Å². The number of aryl methyl sites for hydroxylation is 2. The first-order chi connectivity index (χ1) is 13.6. The van der Waals surface area contributed by atoms with Crippen molar-refractivity contribution >= 4 is 17.2 Å². The van der Waals surface area contributed by atoms with Crippen LogP contribution in [0, 0.1) is 6.92 Å². The molecule has 0 atom stereocenters. The van der Waals surface area contributed by atoms with Gasteiger partial charge >= 0.3 is 0 Å². The fourth-order valence-electron chi connectivity index (χ4n) is 3.31. The number of piperidine rings is 1. The molecule has 2 aromatic rings. The van der Waals surface area contributed by atoms with Gasteiger partial charge in [-0.2, -0.15) is 0 Å². The Morgan fingerprint density at radius 3 is 2.79 bits per heavy atom. The summed E-state index contributed by atoms with van der Waals surface area (Å²) in [5.41, 5.74) is 3.54. The topological polar surface area (TPSA) is 63.7 Å². The van der Waals surface area contributed by atoms with E-state index in [2.05, 4.69) is 22.2 Å². The van der Waals surface area contributed by atoms with E-state index in [1.807, 2.05) is 18.5 Å². The van der Waals surface area contributed by atoms with E-state index in [1.54, 1.807) is 30.6 Å². The van der Waals surface area contributed by atoms with Gasteiger partial charge < -0.3 is 19.7 Å². The summed E-state index contributed by atoms with van der Waals surface area (Å²) in [4.78, 5) is 20.3.